The summed E-state index contributed by atoms with van der Waals surface area (Å²) in [5.41, 5.74) is 1.31. The highest BCUT2D eigenvalue weighted by molar-refractivity contribution is 7.07. The number of hydrogen-bond donors (Lipinski definition) is 1. The van der Waals surface area contributed by atoms with Crippen molar-refractivity contribution in [3.8, 4) is 0 Å². The van der Waals surface area contributed by atoms with Gasteiger partial charge in [0, 0.05) is 6.54 Å². The van der Waals surface area contributed by atoms with E-state index in [-0.39, 0.29) is 5.88 Å². The molecule has 0 aromatic carbocycles. The van der Waals surface area contributed by atoms with Crippen LogP contribution in [0, 0.1) is 0 Å². The van der Waals surface area contributed by atoms with Crippen LogP contribution in [0.2, 0.25) is 0 Å². The summed E-state index contributed by atoms with van der Waals surface area (Å²) in [7, 11) is 0. The van der Waals surface area contributed by atoms with Crippen LogP contribution < -0.4 is 5.32 Å². The Hall–Kier alpha value is -1.07. The molecule has 15 heavy (non-hydrogen) atoms. The molecular formula is C9H10ClN3OS. The fourth-order valence-electron chi connectivity index (χ4n) is 1.13. The van der Waals surface area contributed by atoms with Crippen molar-refractivity contribution in [3.05, 3.63) is 28.3 Å². The number of nitrogens with one attached hydrogen (secondary N) is 1. The predicted octanol–water partition coefficient (Wildman–Crippen LogP) is 2.52. The van der Waals surface area contributed by atoms with E-state index in [0.29, 0.717) is 11.9 Å². The summed E-state index contributed by atoms with van der Waals surface area (Å²) in [5.74, 6) is 0.689. The average Bonchev–Trinajstić information content (AvgIpc) is 2.88. The maximum atomic E-state index is 5.53. The lowest BCUT2D eigenvalue weighted by molar-refractivity contribution is 0.525. The SMILES string of the molecule is ClCc1nnc(NCCc2ccsc2)o1. The van der Waals surface area contributed by atoms with Gasteiger partial charge in [-0.2, -0.15) is 11.3 Å². The number of alkyl halides is 1. The predicted molar refractivity (Wildman–Crippen MR) is 60.4 cm³/mol. The van der Waals surface area contributed by atoms with Gasteiger partial charge in [-0.1, -0.05) is 5.10 Å². The molecule has 0 unspecified atom stereocenters. The fraction of sp³-hybridized carbons (Fsp3) is 0.333. The van der Waals surface area contributed by atoms with Crippen molar-refractivity contribution in [2.75, 3.05) is 11.9 Å². The van der Waals surface area contributed by atoms with Gasteiger partial charge in [0.05, 0.1) is 0 Å². The van der Waals surface area contributed by atoms with Crippen molar-refractivity contribution < 1.29 is 4.42 Å². The van der Waals surface area contributed by atoms with E-state index in [4.69, 9.17) is 16.0 Å². The second kappa shape index (κ2) is 5.14. The number of nitrogens with zero attached hydrogens (tertiary/aromatic N) is 2. The number of aromatic nitrogens is 2. The molecular weight excluding hydrogens is 234 g/mol. The number of thiophene rings is 1. The van der Waals surface area contributed by atoms with Crippen molar-refractivity contribution in [3.63, 3.8) is 0 Å². The molecule has 2 aromatic rings. The molecule has 4 nitrogen and oxygen atoms in total. The van der Waals surface area contributed by atoms with Crippen molar-refractivity contribution in [1.82, 2.24) is 10.2 Å². The van der Waals surface area contributed by atoms with E-state index in [0.717, 1.165) is 13.0 Å². The standard InChI is InChI=1S/C9H10ClN3OS/c10-5-8-12-13-9(14-8)11-3-1-7-2-4-15-6-7/h2,4,6H,1,3,5H2,(H,11,13). The maximum Gasteiger partial charge on any atom is 0.315 e. The lowest BCUT2D eigenvalue weighted by Crippen LogP contribution is -2.04. The quantitative estimate of drug-likeness (QED) is 0.820. The van der Waals surface area contributed by atoms with Crippen LogP contribution in [0.4, 0.5) is 6.01 Å². The van der Waals surface area contributed by atoms with Crippen LogP contribution in [0.15, 0.2) is 21.2 Å². The van der Waals surface area contributed by atoms with Crippen molar-refractivity contribution in [2.24, 2.45) is 0 Å². The van der Waals surface area contributed by atoms with Gasteiger partial charge in [-0.15, -0.1) is 16.7 Å². The Bertz CT molecular complexity index is 401. The first kappa shape index (κ1) is 10.4. The zero-order chi connectivity index (χ0) is 10.5. The molecule has 0 spiro atoms. The summed E-state index contributed by atoms with van der Waals surface area (Å²) in [5, 5.41) is 14.8. The van der Waals surface area contributed by atoms with Gasteiger partial charge in [-0.05, 0) is 28.8 Å². The highest BCUT2D eigenvalue weighted by Gasteiger charge is 2.03. The number of halogens is 1. The number of anilines is 1. The van der Waals surface area contributed by atoms with Crippen molar-refractivity contribution in [1.29, 1.82) is 0 Å². The van der Waals surface area contributed by atoms with E-state index in [2.05, 4.69) is 32.3 Å². The monoisotopic (exact) mass is 243 g/mol. The topological polar surface area (TPSA) is 51.0 Å². The Balaban J connectivity index is 1.78. The summed E-state index contributed by atoms with van der Waals surface area (Å²) >= 11 is 7.23. The molecule has 6 heteroatoms. The molecule has 0 bridgehead atoms. The third-order valence-corrected chi connectivity index (χ3v) is 2.81. The van der Waals surface area contributed by atoms with Gasteiger partial charge in [0.1, 0.15) is 5.88 Å². The molecule has 0 atom stereocenters. The van der Waals surface area contributed by atoms with Crippen LogP contribution in [0.1, 0.15) is 11.5 Å². The third-order valence-electron chi connectivity index (χ3n) is 1.85. The van der Waals surface area contributed by atoms with Crippen LogP contribution in [-0.2, 0) is 12.3 Å². The summed E-state index contributed by atoms with van der Waals surface area (Å²) in [6, 6.07) is 2.53. The fourth-order valence-corrected chi connectivity index (χ4v) is 1.94. The molecule has 0 fully saturated rings. The van der Waals surface area contributed by atoms with E-state index < -0.39 is 0 Å². The number of rotatable bonds is 5. The highest BCUT2D eigenvalue weighted by atomic mass is 35.5. The minimum Gasteiger partial charge on any atom is -0.407 e. The Kier molecular flexibility index (Phi) is 3.58. The van der Waals surface area contributed by atoms with Crippen LogP contribution in [0.3, 0.4) is 0 Å². The lowest BCUT2D eigenvalue weighted by Gasteiger charge is -1.98. The molecule has 0 aliphatic rings. The highest BCUT2D eigenvalue weighted by Crippen LogP contribution is 2.09. The van der Waals surface area contributed by atoms with E-state index in [1.807, 2.05) is 0 Å². The summed E-state index contributed by atoms with van der Waals surface area (Å²) in [6.07, 6.45) is 0.947. The second-order valence-corrected chi connectivity index (χ2v) is 3.99. The molecule has 0 aliphatic heterocycles. The minimum atomic E-state index is 0.249. The minimum absolute atomic E-state index is 0.249. The van der Waals surface area contributed by atoms with Gasteiger partial charge in [-0.3, -0.25) is 0 Å². The van der Waals surface area contributed by atoms with Gasteiger partial charge >= 0.3 is 6.01 Å². The lowest BCUT2D eigenvalue weighted by atomic mass is 10.2. The van der Waals surface area contributed by atoms with E-state index in [1.165, 1.54) is 5.56 Å². The molecule has 0 saturated heterocycles. The van der Waals surface area contributed by atoms with Gasteiger partial charge in [-0.25, -0.2) is 0 Å². The van der Waals surface area contributed by atoms with E-state index in [1.54, 1.807) is 11.3 Å². The number of hydrogen-bond acceptors (Lipinski definition) is 5. The van der Waals surface area contributed by atoms with Gasteiger partial charge < -0.3 is 9.73 Å². The molecule has 0 radical (unpaired) electrons. The Morgan fingerprint density at radius 2 is 2.40 bits per heavy atom. The summed E-state index contributed by atoms with van der Waals surface area (Å²) < 4.78 is 5.19. The third kappa shape index (κ3) is 2.94. The second-order valence-electron chi connectivity index (χ2n) is 2.94. The molecule has 0 aliphatic carbocycles. The Morgan fingerprint density at radius 3 is 3.07 bits per heavy atom. The first-order valence-corrected chi connectivity index (χ1v) is 5.99. The summed E-state index contributed by atoms with van der Waals surface area (Å²) in [4.78, 5) is 0. The maximum absolute atomic E-state index is 5.53. The average molecular weight is 244 g/mol. The summed E-state index contributed by atoms with van der Waals surface area (Å²) in [6.45, 7) is 0.778. The van der Waals surface area contributed by atoms with Crippen LogP contribution in [-0.4, -0.2) is 16.7 Å². The van der Waals surface area contributed by atoms with Gasteiger partial charge in [0.15, 0.2) is 0 Å². The van der Waals surface area contributed by atoms with Crippen LogP contribution in [0.5, 0.6) is 0 Å². The van der Waals surface area contributed by atoms with Crippen LogP contribution >= 0.6 is 22.9 Å². The zero-order valence-corrected chi connectivity index (χ0v) is 9.51. The first-order valence-electron chi connectivity index (χ1n) is 4.52. The molecule has 2 rings (SSSR count). The van der Waals surface area contributed by atoms with Crippen LogP contribution in [0.25, 0.3) is 0 Å². The smallest absolute Gasteiger partial charge is 0.315 e. The molecule has 80 valence electrons. The zero-order valence-electron chi connectivity index (χ0n) is 7.94. The molecule has 0 amide bonds. The van der Waals surface area contributed by atoms with Crippen molar-refractivity contribution >= 4 is 29.0 Å². The van der Waals surface area contributed by atoms with Gasteiger partial charge in [0.2, 0.25) is 5.89 Å². The molecule has 2 heterocycles. The van der Waals surface area contributed by atoms with Crippen molar-refractivity contribution in [2.45, 2.75) is 12.3 Å². The Morgan fingerprint density at radius 1 is 1.47 bits per heavy atom. The molecule has 2 aromatic heterocycles. The van der Waals surface area contributed by atoms with E-state index in [9.17, 15) is 0 Å². The molecule has 0 saturated carbocycles. The largest absolute Gasteiger partial charge is 0.407 e. The first-order chi connectivity index (χ1) is 7.38. The normalized spacial score (nSPS) is 10.5. The van der Waals surface area contributed by atoms with Gasteiger partial charge in [0.25, 0.3) is 0 Å². The molecule has 1 N–H and O–H groups in total. The Labute approximate surface area is 96.3 Å². The van der Waals surface area contributed by atoms with E-state index >= 15 is 0 Å².